The molecule has 4 heteroatoms. The predicted molar refractivity (Wildman–Crippen MR) is 84.1 cm³/mol. The normalized spacial score (nSPS) is 11.9. The molecule has 0 saturated carbocycles. The number of benzene rings is 2. The molecule has 3 aromatic rings. The zero-order valence-electron chi connectivity index (χ0n) is 11.5. The van der Waals surface area contributed by atoms with Gasteiger partial charge in [-0.1, -0.05) is 18.2 Å². The summed E-state index contributed by atoms with van der Waals surface area (Å²) < 4.78 is 5.72. The lowest BCUT2D eigenvalue weighted by Crippen LogP contribution is -1.78. The summed E-state index contributed by atoms with van der Waals surface area (Å²) >= 11 is 0. The quantitative estimate of drug-likeness (QED) is 0.719. The molecule has 0 atom stereocenters. The second kappa shape index (κ2) is 5.63. The summed E-state index contributed by atoms with van der Waals surface area (Å²) in [5, 5.41) is 9.83. The molecule has 0 fully saturated rings. The van der Waals surface area contributed by atoms with Crippen molar-refractivity contribution in [2.24, 2.45) is 4.99 Å². The van der Waals surface area contributed by atoms with Crippen molar-refractivity contribution >= 4 is 23.0 Å². The van der Waals surface area contributed by atoms with Gasteiger partial charge in [0, 0.05) is 11.8 Å². The molecule has 0 aliphatic heterocycles. The van der Waals surface area contributed by atoms with Gasteiger partial charge in [0.2, 0.25) is 5.89 Å². The van der Waals surface area contributed by atoms with Crippen molar-refractivity contribution in [2.45, 2.75) is 6.92 Å². The molecular formula is C17H14N2O2. The number of aromatic hydroxyl groups is 1. The summed E-state index contributed by atoms with van der Waals surface area (Å²) in [7, 11) is 0. The van der Waals surface area contributed by atoms with Crippen LogP contribution >= 0.6 is 0 Å². The third kappa shape index (κ3) is 2.69. The molecule has 0 bridgehead atoms. The number of aliphatic imine (C=N–C) groups is 1. The van der Waals surface area contributed by atoms with Gasteiger partial charge in [-0.25, -0.2) is 4.98 Å². The molecule has 21 heavy (non-hydrogen) atoms. The molecular weight excluding hydrogens is 264 g/mol. The highest BCUT2D eigenvalue weighted by atomic mass is 16.3. The second-order valence-electron chi connectivity index (χ2n) is 4.49. The zero-order valence-corrected chi connectivity index (χ0v) is 11.5. The Morgan fingerprint density at radius 3 is 2.86 bits per heavy atom. The van der Waals surface area contributed by atoms with Crippen LogP contribution in [0.25, 0.3) is 22.6 Å². The predicted octanol–water partition coefficient (Wildman–Crippen LogP) is 4.48. The fourth-order valence-electron chi connectivity index (χ4n) is 1.96. The van der Waals surface area contributed by atoms with Crippen molar-refractivity contribution in [3.63, 3.8) is 0 Å². The molecule has 1 aromatic heterocycles. The maximum Gasteiger partial charge on any atom is 0.227 e. The Morgan fingerprint density at radius 2 is 2.05 bits per heavy atom. The Morgan fingerprint density at radius 1 is 1.19 bits per heavy atom. The molecule has 3 rings (SSSR count). The van der Waals surface area contributed by atoms with Crippen molar-refractivity contribution in [3.05, 3.63) is 54.6 Å². The monoisotopic (exact) mass is 278 g/mol. The van der Waals surface area contributed by atoms with Crippen LogP contribution in [-0.4, -0.2) is 16.3 Å². The largest absolute Gasteiger partial charge is 0.506 e. The fourth-order valence-corrected chi connectivity index (χ4v) is 1.96. The molecule has 1 heterocycles. The first-order valence-electron chi connectivity index (χ1n) is 6.62. The van der Waals surface area contributed by atoms with E-state index in [9.17, 15) is 5.11 Å². The summed E-state index contributed by atoms with van der Waals surface area (Å²) in [5.41, 5.74) is 2.79. The molecule has 0 radical (unpaired) electrons. The Hall–Kier alpha value is -2.88. The van der Waals surface area contributed by atoms with Gasteiger partial charge in [0.15, 0.2) is 5.58 Å². The van der Waals surface area contributed by atoms with Gasteiger partial charge in [0.05, 0.1) is 0 Å². The maximum atomic E-state index is 9.83. The van der Waals surface area contributed by atoms with Crippen LogP contribution in [0.4, 0.5) is 5.69 Å². The molecule has 2 aromatic carbocycles. The molecule has 0 amide bonds. The van der Waals surface area contributed by atoms with E-state index in [1.165, 1.54) is 0 Å². The number of oxazole rings is 1. The number of hydrogen-bond donors (Lipinski definition) is 1. The Kier molecular flexibility index (Phi) is 3.51. The number of nitrogens with zero attached hydrogens (tertiary/aromatic N) is 2. The number of phenols is 1. The molecule has 0 unspecified atom stereocenters. The standard InChI is InChI=1S/C17H14N2O2/c1-2-3-10-18-14-11-12(8-9-15(14)20)17-19-13-6-4-5-7-16(13)21-17/h2-11,20H,1H3/b3-2+,18-10?. The van der Waals surface area contributed by atoms with Gasteiger partial charge in [0.25, 0.3) is 0 Å². The van der Waals surface area contributed by atoms with E-state index in [0.29, 0.717) is 11.6 Å². The Bertz CT molecular complexity index is 799. The van der Waals surface area contributed by atoms with E-state index < -0.39 is 0 Å². The first-order chi connectivity index (χ1) is 10.3. The van der Waals surface area contributed by atoms with Crippen LogP contribution in [0.2, 0.25) is 0 Å². The van der Waals surface area contributed by atoms with Gasteiger partial charge >= 0.3 is 0 Å². The Balaban J connectivity index is 2.04. The molecule has 0 spiro atoms. The van der Waals surface area contributed by atoms with Gasteiger partial charge in [-0.2, -0.15) is 0 Å². The minimum atomic E-state index is 0.121. The molecule has 0 aliphatic carbocycles. The number of rotatable bonds is 3. The summed E-state index contributed by atoms with van der Waals surface area (Å²) in [5.74, 6) is 0.634. The smallest absolute Gasteiger partial charge is 0.227 e. The van der Waals surface area contributed by atoms with E-state index >= 15 is 0 Å². The summed E-state index contributed by atoms with van der Waals surface area (Å²) in [4.78, 5) is 8.64. The third-order valence-corrected chi connectivity index (χ3v) is 3.01. The average Bonchev–Trinajstić information content (AvgIpc) is 2.93. The first kappa shape index (κ1) is 13.1. The SMILES string of the molecule is C/C=C/C=Nc1cc(-c2nc3ccccc3o2)ccc1O. The summed E-state index contributed by atoms with van der Waals surface area (Å²) in [6.45, 7) is 1.90. The van der Waals surface area contributed by atoms with E-state index in [-0.39, 0.29) is 5.75 Å². The lowest BCUT2D eigenvalue weighted by molar-refractivity contribution is 0.477. The van der Waals surface area contributed by atoms with Crippen LogP contribution in [0.5, 0.6) is 5.75 Å². The van der Waals surface area contributed by atoms with E-state index in [1.807, 2.05) is 37.3 Å². The number of hydrogen-bond acceptors (Lipinski definition) is 4. The highest BCUT2D eigenvalue weighted by Crippen LogP contribution is 2.32. The van der Waals surface area contributed by atoms with E-state index in [2.05, 4.69) is 9.98 Å². The van der Waals surface area contributed by atoms with Crippen molar-refractivity contribution in [1.29, 1.82) is 0 Å². The van der Waals surface area contributed by atoms with Crippen LogP contribution in [0.15, 0.2) is 64.0 Å². The number of para-hydroxylation sites is 2. The lowest BCUT2D eigenvalue weighted by Gasteiger charge is -2.00. The Labute approximate surface area is 122 Å². The van der Waals surface area contributed by atoms with Crippen molar-refractivity contribution in [1.82, 2.24) is 4.98 Å². The lowest BCUT2D eigenvalue weighted by atomic mass is 10.2. The molecule has 104 valence electrons. The third-order valence-electron chi connectivity index (χ3n) is 3.01. The molecule has 0 saturated heterocycles. The number of fused-ring (bicyclic) bond motifs is 1. The van der Waals surface area contributed by atoms with E-state index in [4.69, 9.17) is 4.42 Å². The minimum absolute atomic E-state index is 0.121. The number of phenolic OH excluding ortho intramolecular Hbond substituents is 1. The van der Waals surface area contributed by atoms with Gasteiger partial charge in [-0.05, 0) is 43.3 Å². The topological polar surface area (TPSA) is 58.6 Å². The average molecular weight is 278 g/mol. The van der Waals surface area contributed by atoms with Crippen LogP contribution in [0.1, 0.15) is 6.92 Å². The van der Waals surface area contributed by atoms with Crippen molar-refractivity contribution < 1.29 is 9.52 Å². The zero-order chi connectivity index (χ0) is 14.7. The molecule has 1 N–H and O–H groups in total. The van der Waals surface area contributed by atoms with Crippen LogP contribution in [-0.2, 0) is 0 Å². The molecule has 0 aliphatic rings. The first-order valence-corrected chi connectivity index (χ1v) is 6.62. The number of allylic oxidation sites excluding steroid dienone is 2. The summed E-state index contributed by atoms with van der Waals surface area (Å²) in [6.07, 6.45) is 5.29. The second-order valence-corrected chi connectivity index (χ2v) is 4.49. The maximum absolute atomic E-state index is 9.83. The highest BCUT2D eigenvalue weighted by molar-refractivity contribution is 5.79. The van der Waals surface area contributed by atoms with Gasteiger partial charge in [0.1, 0.15) is 17.0 Å². The van der Waals surface area contributed by atoms with E-state index in [0.717, 1.165) is 16.7 Å². The molecule has 4 nitrogen and oxygen atoms in total. The van der Waals surface area contributed by atoms with Crippen LogP contribution in [0, 0.1) is 0 Å². The van der Waals surface area contributed by atoms with E-state index in [1.54, 1.807) is 30.5 Å². The fraction of sp³-hybridized carbons (Fsp3) is 0.0588. The number of aromatic nitrogens is 1. The highest BCUT2D eigenvalue weighted by Gasteiger charge is 2.09. The minimum Gasteiger partial charge on any atom is -0.506 e. The van der Waals surface area contributed by atoms with Crippen molar-refractivity contribution in [2.75, 3.05) is 0 Å². The van der Waals surface area contributed by atoms with Gasteiger partial charge in [-0.3, -0.25) is 4.99 Å². The van der Waals surface area contributed by atoms with Crippen molar-refractivity contribution in [3.8, 4) is 17.2 Å². The van der Waals surface area contributed by atoms with Gasteiger partial charge in [-0.15, -0.1) is 0 Å². The van der Waals surface area contributed by atoms with Gasteiger partial charge < -0.3 is 9.52 Å². The van der Waals surface area contributed by atoms with Crippen LogP contribution < -0.4 is 0 Å². The summed E-state index contributed by atoms with van der Waals surface area (Å²) in [6, 6.07) is 12.7. The van der Waals surface area contributed by atoms with Crippen LogP contribution in [0.3, 0.4) is 0 Å².